The van der Waals surface area contributed by atoms with E-state index in [0.29, 0.717) is 11.9 Å². The van der Waals surface area contributed by atoms with Crippen molar-refractivity contribution in [3.63, 3.8) is 0 Å². The zero-order chi connectivity index (χ0) is 22.5. The van der Waals surface area contributed by atoms with Gasteiger partial charge in [-0.3, -0.25) is 4.98 Å². The molecule has 1 aliphatic heterocycles. The molecule has 1 aliphatic rings. The van der Waals surface area contributed by atoms with E-state index in [1.54, 1.807) is 0 Å². The maximum absolute atomic E-state index is 9.38. The number of anilines is 2. The van der Waals surface area contributed by atoms with Crippen LogP contribution < -0.4 is 10.2 Å². The van der Waals surface area contributed by atoms with Crippen LogP contribution in [0.5, 0.6) is 0 Å². The minimum absolute atomic E-state index is 0.195. The molecule has 0 spiro atoms. The van der Waals surface area contributed by atoms with Crippen molar-refractivity contribution in [2.45, 2.75) is 33.2 Å². The fraction of sp³-hybridized carbons (Fsp3) is 0.360. The molecule has 2 aromatic carbocycles. The lowest BCUT2D eigenvalue weighted by Crippen LogP contribution is -2.57. The van der Waals surface area contributed by atoms with E-state index in [2.05, 4.69) is 38.9 Å². The summed E-state index contributed by atoms with van der Waals surface area (Å²) in [6.45, 7) is 8.82. The molecule has 1 saturated heterocycles. The Labute approximate surface area is 189 Å². The fourth-order valence-corrected chi connectivity index (χ4v) is 4.23. The Morgan fingerprint density at radius 2 is 1.91 bits per heavy atom. The number of hydrogen-bond donors (Lipinski definition) is 1. The molecule has 0 bridgehead atoms. The Balaban J connectivity index is 1.59. The normalized spacial score (nSPS) is 17.0. The van der Waals surface area contributed by atoms with Crippen molar-refractivity contribution < 1.29 is 0 Å². The summed E-state index contributed by atoms with van der Waals surface area (Å²) in [6.07, 6.45) is 4.83. The molecule has 1 unspecified atom stereocenters. The Bertz CT molecular complexity index is 1150. The first kappa shape index (κ1) is 21.6. The molecule has 0 saturated carbocycles. The molecule has 3 aromatic rings. The third-order valence-corrected chi connectivity index (χ3v) is 5.81. The average Bonchev–Trinajstić information content (AvgIpc) is 2.79. The molecule has 0 amide bonds. The van der Waals surface area contributed by atoms with Crippen LogP contribution in [-0.4, -0.2) is 46.5 Å². The van der Waals surface area contributed by atoms with Crippen molar-refractivity contribution in [1.29, 1.82) is 5.26 Å². The molecule has 7 nitrogen and oxygen atoms in total. The molecular formula is C25H29N7. The number of aryl methyl sites for hydroxylation is 1. The Morgan fingerprint density at radius 3 is 2.66 bits per heavy atom. The van der Waals surface area contributed by atoms with Gasteiger partial charge in [-0.05, 0) is 43.0 Å². The van der Waals surface area contributed by atoms with Gasteiger partial charge in [-0.1, -0.05) is 44.2 Å². The van der Waals surface area contributed by atoms with Gasteiger partial charge in [0.2, 0.25) is 12.2 Å². The summed E-state index contributed by atoms with van der Waals surface area (Å²) in [6, 6.07) is 16.2. The zero-order valence-electron chi connectivity index (χ0n) is 18.9. The molecule has 164 valence electrons. The highest BCUT2D eigenvalue weighted by Crippen LogP contribution is 2.24. The lowest BCUT2D eigenvalue weighted by molar-refractivity contribution is 0.245. The van der Waals surface area contributed by atoms with E-state index >= 15 is 0 Å². The fourth-order valence-electron chi connectivity index (χ4n) is 4.23. The van der Waals surface area contributed by atoms with E-state index in [0.717, 1.165) is 54.2 Å². The number of guanidine groups is 1. The molecule has 1 N–H and O–H groups in total. The minimum Gasteiger partial charge on any atom is -0.351 e. The monoisotopic (exact) mass is 427 g/mol. The molecule has 1 aromatic heterocycles. The number of nitriles is 1. The van der Waals surface area contributed by atoms with Crippen LogP contribution in [-0.2, 0) is 0 Å². The Hall–Kier alpha value is -3.66. The second kappa shape index (κ2) is 9.65. The number of aliphatic imine (C=N–C) groups is 1. The molecule has 1 fully saturated rings. The van der Waals surface area contributed by atoms with Crippen LogP contribution in [0.4, 0.5) is 11.5 Å². The quantitative estimate of drug-likeness (QED) is 0.377. The molecule has 0 aliphatic carbocycles. The van der Waals surface area contributed by atoms with Crippen molar-refractivity contribution in [3.8, 4) is 6.19 Å². The highest BCUT2D eigenvalue weighted by Gasteiger charge is 2.31. The molecule has 4 rings (SSSR count). The first-order chi connectivity index (χ1) is 15.5. The Kier molecular flexibility index (Phi) is 6.50. The van der Waals surface area contributed by atoms with Gasteiger partial charge >= 0.3 is 0 Å². The topological polar surface area (TPSA) is 80.4 Å². The number of para-hydroxylation sites is 3. The summed E-state index contributed by atoms with van der Waals surface area (Å²) in [7, 11) is 0. The number of fused-ring (bicyclic) bond motifs is 1. The van der Waals surface area contributed by atoms with E-state index in [1.165, 1.54) is 0 Å². The van der Waals surface area contributed by atoms with Crippen LogP contribution in [0.15, 0.2) is 59.7 Å². The summed E-state index contributed by atoms with van der Waals surface area (Å²) >= 11 is 0. The summed E-state index contributed by atoms with van der Waals surface area (Å²) in [5.41, 5.74) is 3.89. The molecule has 2 heterocycles. The Morgan fingerprint density at radius 1 is 1.16 bits per heavy atom. The predicted octanol–water partition coefficient (Wildman–Crippen LogP) is 4.42. The second-order valence-corrected chi connectivity index (χ2v) is 8.62. The summed E-state index contributed by atoms with van der Waals surface area (Å²) in [4.78, 5) is 18.1. The summed E-state index contributed by atoms with van der Waals surface area (Å²) < 4.78 is 0. The molecule has 1 atom stereocenters. The number of rotatable bonds is 4. The molecule has 0 radical (unpaired) electrons. The predicted molar refractivity (Wildman–Crippen MR) is 130 cm³/mol. The smallest absolute Gasteiger partial charge is 0.214 e. The van der Waals surface area contributed by atoms with Gasteiger partial charge < -0.3 is 15.1 Å². The highest BCUT2D eigenvalue weighted by molar-refractivity contribution is 5.95. The van der Waals surface area contributed by atoms with Crippen molar-refractivity contribution in [2.75, 3.05) is 29.9 Å². The van der Waals surface area contributed by atoms with Crippen molar-refractivity contribution in [3.05, 3.63) is 60.3 Å². The van der Waals surface area contributed by atoms with Crippen LogP contribution in [0, 0.1) is 24.3 Å². The first-order valence-corrected chi connectivity index (χ1v) is 11.1. The number of benzene rings is 2. The van der Waals surface area contributed by atoms with Crippen LogP contribution >= 0.6 is 0 Å². The van der Waals surface area contributed by atoms with Crippen molar-refractivity contribution in [1.82, 2.24) is 14.9 Å². The SMILES string of the molecule is Cc1ccccc1N/C(=N\C#N)N1CCN(c2cnc3ccccc3n2)CC1CC(C)C. The van der Waals surface area contributed by atoms with E-state index in [9.17, 15) is 5.26 Å². The minimum atomic E-state index is 0.195. The van der Waals surface area contributed by atoms with E-state index in [1.807, 2.05) is 67.8 Å². The average molecular weight is 428 g/mol. The number of aromatic nitrogens is 2. The summed E-state index contributed by atoms with van der Waals surface area (Å²) in [5, 5.41) is 12.8. The molecule has 32 heavy (non-hydrogen) atoms. The number of nitrogens with zero attached hydrogens (tertiary/aromatic N) is 6. The lowest BCUT2D eigenvalue weighted by atomic mass is 10.00. The standard InChI is InChI=1S/C25H29N7/c1-18(2)14-20-16-31(24-15-27-22-10-6-7-11-23(22)29-24)12-13-32(20)25(28-17-26)30-21-9-5-4-8-19(21)3/h4-11,15,18,20H,12-14,16H2,1-3H3,(H,28,30). The first-order valence-electron chi connectivity index (χ1n) is 11.1. The van der Waals surface area contributed by atoms with Crippen LogP contribution in [0.1, 0.15) is 25.8 Å². The van der Waals surface area contributed by atoms with Gasteiger partial charge in [0.25, 0.3) is 0 Å². The largest absolute Gasteiger partial charge is 0.351 e. The van der Waals surface area contributed by atoms with E-state index in [4.69, 9.17) is 4.98 Å². The maximum atomic E-state index is 9.38. The van der Waals surface area contributed by atoms with Crippen molar-refractivity contribution >= 4 is 28.5 Å². The van der Waals surface area contributed by atoms with E-state index in [-0.39, 0.29) is 6.04 Å². The third kappa shape index (κ3) is 4.80. The van der Waals surface area contributed by atoms with Gasteiger partial charge in [-0.15, -0.1) is 4.99 Å². The maximum Gasteiger partial charge on any atom is 0.214 e. The van der Waals surface area contributed by atoms with Gasteiger partial charge in [-0.2, -0.15) is 5.26 Å². The second-order valence-electron chi connectivity index (χ2n) is 8.62. The van der Waals surface area contributed by atoms with Crippen LogP contribution in [0.2, 0.25) is 0 Å². The van der Waals surface area contributed by atoms with Crippen LogP contribution in [0.25, 0.3) is 11.0 Å². The number of hydrogen-bond acceptors (Lipinski definition) is 5. The highest BCUT2D eigenvalue weighted by atomic mass is 15.4. The van der Waals surface area contributed by atoms with Gasteiger partial charge in [0.05, 0.1) is 17.2 Å². The van der Waals surface area contributed by atoms with Gasteiger partial charge in [0, 0.05) is 31.4 Å². The third-order valence-electron chi connectivity index (χ3n) is 5.81. The van der Waals surface area contributed by atoms with Crippen molar-refractivity contribution in [2.24, 2.45) is 10.9 Å². The van der Waals surface area contributed by atoms with E-state index < -0.39 is 0 Å². The number of piperazine rings is 1. The molecule has 7 heteroatoms. The zero-order valence-corrected chi connectivity index (χ0v) is 18.9. The lowest BCUT2D eigenvalue weighted by Gasteiger charge is -2.43. The van der Waals surface area contributed by atoms with Gasteiger partial charge in [0.15, 0.2) is 0 Å². The van der Waals surface area contributed by atoms with Gasteiger partial charge in [-0.25, -0.2) is 4.98 Å². The summed E-state index contributed by atoms with van der Waals surface area (Å²) in [5.74, 6) is 2.01. The molecular weight excluding hydrogens is 398 g/mol. The number of nitrogens with one attached hydrogen (secondary N) is 1. The van der Waals surface area contributed by atoms with Gasteiger partial charge in [0.1, 0.15) is 5.82 Å². The van der Waals surface area contributed by atoms with Crippen LogP contribution in [0.3, 0.4) is 0 Å².